The van der Waals surface area contributed by atoms with Gasteiger partial charge in [-0.05, 0) is 55.6 Å². The fraction of sp³-hybridized carbons (Fsp3) is 0.400. The minimum absolute atomic E-state index is 0.0497. The molecule has 5 rings (SSSR count). The first-order valence-electron chi connectivity index (χ1n) is 11.4. The molecule has 3 N–H and O–H groups in total. The highest BCUT2D eigenvalue weighted by molar-refractivity contribution is 5.93. The Bertz CT molecular complexity index is 1350. The molecule has 2 aromatic heterocycles. The molecule has 0 bridgehead atoms. The van der Waals surface area contributed by atoms with Crippen molar-refractivity contribution in [3.05, 3.63) is 51.3 Å². The maximum atomic E-state index is 13.3. The Labute approximate surface area is 191 Å². The summed E-state index contributed by atoms with van der Waals surface area (Å²) in [5.74, 6) is 0.368. The molecule has 0 fully saturated rings. The van der Waals surface area contributed by atoms with Gasteiger partial charge in [0, 0.05) is 16.5 Å². The van der Waals surface area contributed by atoms with Crippen LogP contribution in [-0.2, 0) is 23.4 Å². The summed E-state index contributed by atoms with van der Waals surface area (Å²) in [6, 6.07) is 7.49. The zero-order chi connectivity index (χ0) is 23.3. The highest BCUT2D eigenvalue weighted by atomic mass is 16.5. The fourth-order valence-electron chi connectivity index (χ4n) is 4.88. The van der Waals surface area contributed by atoms with Gasteiger partial charge < -0.3 is 20.3 Å². The number of carbonyl (C=O) groups is 1. The predicted molar refractivity (Wildman–Crippen MR) is 124 cm³/mol. The van der Waals surface area contributed by atoms with Crippen molar-refractivity contribution in [3.8, 4) is 22.9 Å². The van der Waals surface area contributed by atoms with Crippen LogP contribution in [0.15, 0.2) is 29.1 Å². The molecule has 172 valence electrons. The number of carbonyl (C=O) groups excluding carboxylic acids is 1. The van der Waals surface area contributed by atoms with Crippen LogP contribution in [0, 0.1) is 0 Å². The Kier molecular flexibility index (Phi) is 5.22. The van der Waals surface area contributed by atoms with Gasteiger partial charge in [-0.25, -0.2) is 4.98 Å². The van der Waals surface area contributed by atoms with E-state index in [1.807, 2.05) is 18.2 Å². The molecule has 0 saturated heterocycles. The molecule has 0 amide bonds. The molecule has 3 aromatic rings. The number of nitrogens with two attached hydrogens (primary N) is 1. The molecular weight excluding hydrogens is 422 g/mol. The second-order valence-electron chi connectivity index (χ2n) is 8.53. The maximum Gasteiger partial charge on any atom is 0.294 e. The van der Waals surface area contributed by atoms with Crippen LogP contribution < -0.4 is 20.8 Å². The molecule has 1 atom stereocenters. The number of Topliss-reactive ketones (excluding diaryl/α,β-unsaturated/α-hetero) is 1. The van der Waals surface area contributed by atoms with Crippen molar-refractivity contribution in [1.82, 2.24) is 9.55 Å². The summed E-state index contributed by atoms with van der Waals surface area (Å²) in [4.78, 5) is 30.7. The van der Waals surface area contributed by atoms with Crippen LogP contribution in [0.1, 0.15) is 43.4 Å². The number of nitrogens with zero attached hydrogens (tertiary/aromatic N) is 2. The van der Waals surface area contributed by atoms with E-state index in [0.29, 0.717) is 31.1 Å². The molecular formula is C25H27N3O5. The largest absolute Gasteiger partial charge is 0.494 e. The van der Waals surface area contributed by atoms with Crippen molar-refractivity contribution in [3.63, 3.8) is 0 Å². The Hall–Kier alpha value is -3.23. The topological polar surface area (TPSA) is 117 Å². The van der Waals surface area contributed by atoms with Crippen LogP contribution in [0.4, 0.5) is 0 Å². The average molecular weight is 450 g/mol. The van der Waals surface area contributed by atoms with E-state index >= 15 is 0 Å². The molecule has 0 aliphatic carbocycles. The Morgan fingerprint density at radius 2 is 2.09 bits per heavy atom. The third-order valence-electron chi connectivity index (χ3n) is 6.73. The maximum absolute atomic E-state index is 13.3. The molecule has 8 nitrogen and oxygen atoms in total. The quantitative estimate of drug-likeness (QED) is 0.434. The van der Waals surface area contributed by atoms with Crippen LogP contribution in [0.25, 0.3) is 22.3 Å². The zero-order valence-corrected chi connectivity index (χ0v) is 18.8. The fourth-order valence-corrected chi connectivity index (χ4v) is 4.88. The highest BCUT2D eigenvalue weighted by Gasteiger charge is 2.44. The number of aromatic nitrogens is 2. The number of ketones is 1. The lowest BCUT2D eigenvalue weighted by atomic mass is 9.85. The van der Waals surface area contributed by atoms with E-state index in [4.69, 9.17) is 20.2 Å². The smallest absolute Gasteiger partial charge is 0.294 e. The number of hydrogen-bond donors (Lipinski definition) is 2. The monoisotopic (exact) mass is 449 g/mol. The van der Waals surface area contributed by atoms with E-state index in [1.165, 1.54) is 0 Å². The first-order chi connectivity index (χ1) is 15.9. The van der Waals surface area contributed by atoms with Gasteiger partial charge in [0.15, 0.2) is 18.0 Å². The number of pyridine rings is 2. The van der Waals surface area contributed by atoms with E-state index in [1.54, 1.807) is 17.6 Å². The summed E-state index contributed by atoms with van der Waals surface area (Å²) in [7, 11) is 0. The Balaban J connectivity index is 1.69. The summed E-state index contributed by atoms with van der Waals surface area (Å²) >= 11 is 0. The Morgan fingerprint density at radius 3 is 2.82 bits per heavy atom. The number of rotatable bonds is 6. The predicted octanol–water partition coefficient (Wildman–Crippen LogP) is 2.27. The van der Waals surface area contributed by atoms with Gasteiger partial charge in [0.05, 0.1) is 30.1 Å². The molecule has 0 saturated carbocycles. The molecule has 8 heteroatoms. The van der Waals surface area contributed by atoms with Crippen LogP contribution in [0.2, 0.25) is 0 Å². The second-order valence-corrected chi connectivity index (χ2v) is 8.53. The van der Waals surface area contributed by atoms with Crippen LogP contribution in [0.5, 0.6) is 11.5 Å². The Morgan fingerprint density at radius 1 is 1.27 bits per heavy atom. The van der Waals surface area contributed by atoms with Crippen molar-refractivity contribution in [1.29, 1.82) is 0 Å². The molecule has 2 aliphatic heterocycles. The summed E-state index contributed by atoms with van der Waals surface area (Å²) in [6.45, 7) is 4.97. The van der Waals surface area contributed by atoms with E-state index in [2.05, 4.69) is 6.92 Å². The minimum Gasteiger partial charge on any atom is -0.494 e. The van der Waals surface area contributed by atoms with Crippen molar-refractivity contribution < 1.29 is 19.4 Å². The van der Waals surface area contributed by atoms with Crippen molar-refractivity contribution in [2.75, 3.05) is 19.8 Å². The third-order valence-corrected chi connectivity index (χ3v) is 6.73. The van der Waals surface area contributed by atoms with E-state index < -0.39 is 11.4 Å². The molecule has 33 heavy (non-hydrogen) atoms. The van der Waals surface area contributed by atoms with Crippen molar-refractivity contribution in [2.45, 2.75) is 45.3 Å². The normalized spacial score (nSPS) is 18.6. The van der Waals surface area contributed by atoms with Crippen LogP contribution in [-0.4, -0.2) is 40.2 Å². The SMILES string of the molecule is CCc1c2c(nc3ccc(OCCCN)cc13)-c1cc3c(c(=O)n1C2)OCC(=O)[C@]3(O)CC. The summed E-state index contributed by atoms with van der Waals surface area (Å²) in [5.41, 5.74) is 7.88. The van der Waals surface area contributed by atoms with Gasteiger partial charge >= 0.3 is 0 Å². The van der Waals surface area contributed by atoms with Gasteiger partial charge in [0.25, 0.3) is 5.56 Å². The van der Waals surface area contributed by atoms with Gasteiger partial charge in [-0.3, -0.25) is 14.2 Å². The minimum atomic E-state index is -1.73. The lowest BCUT2D eigenvalue weighted by Gasteiger charge is -2.32. The average Bonchev–Trinajstić information content (AvgIpc) is 3.19. The first kappa shape index (κ1) is 21.6. The lowest BCUT2D eigenvalue weighted by molar-refractivity contribution is -0.143. The summed E-state index contributed by atoms with van der Waals surface area (Å²) < 4.78 is 12.9. The number of benzene rings is 1. The molecule has 0 unspecified atom stereocenters. The van der Waals surface area contributed by atoms with Crippen molar-refractivity contribution in [2.24, 2.45) is 5.73 Å². The lowest BCUT2D eigenvalue weighted by Crippen LogP contribution is -2.45. The number of aryl methyl sites for hydroxylation is 1. The number of aliphatic hydroxyl groups is 1. The van der Waals surface area contributed by atoms with Gasteiger partial charge in [-0.15, -0.1) is 0 Å². The van der Waals surface area contributed by atoms with E-state index in [9.17, 15) is 14.7 Å². The molecule has 2 aliphatic rings. The van der Waals surface area contributed by atoms with Gasteiger partial charge in [-0.1, -0.05) is 13.8 Å². The molecule has 1 aromatic carbocycles. The molecule has 4 heterocycles. The van der Waals surface area contributed by atoms with E-state index in [0.717, 1.165) is 40.6 Å². The van der Waals surface area contributed by atoms with Crippen LogP contribution >= 0.6 is 0 Å². The second kappa shape index (κ2) is 7.97. The van der Waals surface area contributed by atoms with Crippen molar-refractivity contribution >= 4 is 16.7 Å². The molecule has 0 radical (unpaired) electrons. The first-order valence-corrected chi connectivity index (χ1v) is 11.4. The summed E-state index contributed by atoms with van der Waals surface area (Å²) in [5, 5.41) is 12.1. The highest BCUT2D eigenvalue weighted by Crippen LogP contribution is 2.42. The standard InChI is InChI=1S/C25H27N3O5/c1-3-15-16-10-14(32-9-5-8-26)6-7-19(16)27-22-17(15)12-28-20(22)11-18-23(24(28)30)33-13-21(29)25(18,31)4-2/h6-7,10-11,31H,3-5,8-9,12-13,26H2,1-2H3/t25-/m0/s1. The third kappa shape index (κ3) is 3.16. The van der Waals surface area contributed by atoms with Gasteiger partial charge in [-0.2, -0.15) is 0 Å². The van der Waals surface area contributed by atoms with Gasteiger partial charge in [0.1, 0.15) is 5.75 Å². The number of hydrogen-bond acceptors (Lipinski definition) is 7. The summed E-state index contributed by atoms with van der Waals surface area (Å²) in [6.07, 6.45) is 1.69. The number of fused-ring (bicyclic) bond motifs is 5. The van der Waals surface area contributed by atoms with Gasteiger partial charge in [0.2, 0.25) is 5.78 Å². The van der Waals surface area contributed by atoms with E-state index in [-0.39, 0.29) is 29.9 Å². The zero-order valence-electron chi connectivity index (χ0n) is 18.8. The van der Waals surface area contributed by atoms with Crippen LogP contribution in [0.3, 0.4) is 0 Å². The molecule has 0 spiro atoms. The number of ether oxygens (including phenoxy) is 2.